The molecule has 31 heavy (non-hydrogen) atoms. The average molecular weight is 504 g/mol. The summed E-state index contributed by atoms with van der Waals surface area (Å²) in [5, 5.41) is 0. The number of benzene rings is 2. The lowest BCUT2D eigenvalue weighted by molar-refractivity contribution is 0.414. The zero-order chi connectivity index (χ0) is 20.6. The standard InChI is InChI=1S/C22H24Cl2N4O.2ClH/c1-17-25-11-14-28(17)20-6-4-19(5-7-20)26-16-18-3-8-21(22(15-18)29-2)27(12-9-23)13-10-24;;/h3-8,11,14-16H,9-10,12-13H2,1-2H3;2*1H. The van der Waals surface area contributed by atoms with Crippen LogP contribution in [0.4, 0.5) is 11.4 Å². The minimum atomic E-state index is 0. The van der Waals surface area contributed by atoms with E-state index in [1.165, 1.54) is 0 Å². The van der Waals surface area contributed by atoms with Crippen molar-refractivity contribution in [2.45, 2.75) is 6.92 Å². The van der Waals surface area contributed by atoms with Gasteiger partial charge in [0.1, 0.15) is 11.6 Å². The quantitative estimate of drug-likeness (QED) is 0.263. The molecule has 168 valence electrons. The molecule has 0 bridgehead atoms. The molecule has 0 fully saturated rings. The van der Waals surface area contributed by atoms with Crippen LogP contribution in [-0.4, -0.2) is 47.7 Å². The monoisotopic (exact) mass is 502 g/mol. The molecule has 3 rings (SSSR count). The Morgan fingerprint density at radius 3 is 2.29 bits per heavy atom. The molecule has 1 heterocycles. The second kappa shape index (κ2) is 13.5. The number of hydrogen-bond acceptors (Lipinski definition) is 4. The van der Waals surface area contributed by atoms with Crippen molar-refractivity contribution in [3.05, 3.63) is 66.2 Å². The van der Waals surface area contributed by atoms with Gasteiger partial charge in [0, 0.05) is 49.1 Å². The molecule has 0 atom stereocenters. The molecule has 0 saturated carbocycles. The number of hydrogen-bond donors (Lipinski definition) is 0. The lowest BCUT2D eigenvalue weighted by atomic mass is 10.2. The molecule has 0 aliphatic rings. The molecular weight excluding hydrogens is 478 g/mol. The third-order valence-electron chi connectivity index (χ3n) is 4.57. The first-order valence-electron chi connectivity index (χ1n) is 9.35. The molecule has 1 aromatic heterocycles. The van der Waals surface area contributed by atoms with Gasteiger partial charge >= 0.3 is 0 Å². The first-order valence-corrected chi connectivity index (χ1v) is 10.4. The summed E-state index contributed by atoms with van der Waals surface area (Å²) in [5.41, 5.74) is 3.87. The van der Waals surface area contributed by atoms with Gasteiger partial charge in [-0.2, -0.15) is 0 Å². The van der Waals surface area contributed by atoms with Crippen molar-refractivity contribution in [2.24, 2.45) is 4.99 Å². The Morgan fingerprint density at radius 1 is 1.06 bits per heavy atom. The van der Waals surface area contributed by atoms with Crippen molar-refractivity contribution in [1.29, 1.82) is 0 Å². The van der Waals surface area contributed by atoms with Crippen molar-refractivity contribution in [3.63, 3.8) is 0 Å². The summed E-state index contributed by atoms with van der Waals surface area (Å²) in [6.07, 6.45) is 5.57. The van der Waals surface area contributed by atoms with Crippen molar-refractivity contribution >= 4 is 65.6 Å². The Morgan fingerprint density at radius 2 is 1.74 bits per heavy atom. The zero-order valence-corrected chi connectivity index (χ0v) is 20.5. The van der Waals surface area contributed by atoms with Gasteiger partial charge in [-0.25, -0.2) is 4.98 Å². The number of rotatable bonds is 9. The van der Waals surface area contributed by atoms with Gasteiger partial charge < -0.3 is 14.2 Å². The number of aliphatic imine (C=N–C) groups is 1. The number of aromatic nitrogens is 2. The molecule has 0 radical (unpaired) electrons. The molecule has 2 aromatic carbocycles. The molecule has 0 aliphatic heterocycles. The highest BCUT2D eigenvalue weighted by Crippen LogP contribution is 2.29. The van der Waals surface area contributed by atoms with Crippen LogP contribution < -0.4 is 9.64 Å². The normalized spacial score (nSPS) is 10.5. The van der Waals surface area contributed by atoms with Crippen LogP contribution in [-0.2, 0) is 0 Å². The van der Waals surface area contributed by atoms with E-state index >= 15 is 0 Å². The van der Waals surface area contributed by atoms with E-state index in [0.29, 0.717) is 24.8 Å². The number of anilines is 1. The van der Waals surface area contributed by atoms with E-state index in [1.54, 1.807) is 13.3 Å². The van der Waals surface area contributed by atoms with E-state index in [-0.39, 0.29) is 24.8 Å². The highest BCUT2D eigenvalue weighted by Gasteiger charge is 2.11. The summed E-state index contributed by atoms with van der Waals surface area (Å²) in [7, 11) is 1.66. The van der Waals surface area contributed by atoms with Crippen molar-refractivity contribution in [3.8, 4) is 11.4 Å². The van der Waals surface area contributed by atoms with Gasteiger partial charge in [0.25, 0.3) is 0 Å². The Bertz CT molecular complexity index is 954. The maximum absolute atomic E-state index is 5.93. The second-order valence-corrected chi connectivity index (χ2v) is 7.17. The van der Waals surface area contributed by atoms with Crippen molar-refractivity contribution in [2.75, 3.05) is 36.9 Å². The average Bonchev–Trinajstić information content (AvgIpc) is 3.18. The van der Waals surface area contributed by atoms with Crippen LogP contribution in [0.2, 0.25) is 0 Å². The SMILES string of the molecule is COc1cc(C=Nc2ccc(-n3ccnc3C)cc2)ccc1N(CCCl)CCCl.Cl.Cl. The van der Waals surface area contributed by atoms with E-state index in [9.17, 15) is 0 Å². The molecule has 3 aromatic rings. The summed E-state index contributed by atoms with van der Waals surface area (Å²) in [5.74, 6) is 2.77. The van der Waals surface area contributed by atoms with E-state index in [1.807, 2.05) is 66.4 Å². The summed E-state index contributed by atoms with van der Waals surface area (Å²) in [6.45, 7) is 3.39. The Balaban J connectivity index is 0.00000240. The van der Waals surface area contributed by atoms with Gasteiger partial charge in [-0.05, 0) is 48.9 Å². The topological polar surface area (TPSA) is 42.6 Å². The van der Waals surface area contributed by atoms with Gasteiger partial charge in [-0.3, -0.25) is 4.99 Å². The Kier molecular flexibility index (Phi) is 11.8. The molecule has 9 heteroatoms. The fraction of sp³-hybridized carbons (Fsp3) is 0.273. The summed E-state index contributed by atoms with van der Waals surface area (Å²) < 4.78 is 7.61. The number of ether oxygens (including phenoxy) is 1. The van der Waals surface area contributed by atoms with Crippen LogP contribution in [0.5, 0.6) is 5.75 Å². The van der Waals surface area contributed by atoms with Crippen molar-refractivity contribution < 1.29 is 4.74 Å². The maximum Gasteiger partial charge on any atom is 0.142 e. The Hall–Kier alpha value is -1.92. The second-order valence-electron chi connectivity index (χ2n) is 6.42. The minimum Gasteiger partial charge on any atom is -0.495 e. The third-order valence-corrected chi connectivity index (χ3v) is 4.91. The minimum absolute atomic E-state index is 0. The van der Waals surface area contributed by atoms with Crippen LogP contribution in [0.25, 0.3) is 5.69 Å². The van der Waals surface area contributed by atoms with E-state index in [2.05, 4.69) is 14.9 Å². The zero-order valence-electron chi connectivity index (χ0n) is 17.4. The maximum atomic E-state index is 5.93. The molecular formula is C22H26Cl4N4O. The fourth-order valence-corrected chi connectivity index (χ4v) is 3.50. The van der Waals surface area contributed by atoms with Crippen molar-refractivity contribution in [1.82, 2.24) is 9.55 Å². The van der Waals surface area contributed by atoms with Crippen LogP contribution in [0, 0.1) is 6.92 Å². The summed E-state index contributed by atoms with van der Waals surface area (Å²) in [6, 6.07) is 14.0. The van der Waals surface area contributed by atoms with E-state index in [4.69, 9.17) is 27.9 Å². The first-order chi connectivity index (χ1) is 14.2. The first kappa shape index (κ1) is 27.1. The van der Waals surface area contributed by atoms with Gasteiger partial charge in [0.05, 0.1) is 18.5 Å². The molecule has 5 nitrogen and oxygen atoms in total. The molecule has 0 aliphatic carbocycles. The largest absolute Gasteiger partial charge is 0.495 e. The number of nitrogens with zero attached hydrogens (tertiary/aromatic N) is 4. The Labute approximate surface area is 205 Å². The number of methoxy groups -OCH3 is 1. The highest BCUT2D eigenvalue weighted by atomic mass is 35.5. The predicted octanol–water partition coefficient (Wildman–Crippen LogP) is 6.07. The number of alkyl halides is 2. The van der Waals surface area contributed by atoms with E-state index < -0.39 is 0 Å². The van der Waals surface area contributed by atoms with Gasteiger partial charge in [0.15, 0.2) is 0 Å². The molecule has 0 unspecified atom stereocenters. The molecule has 0 saturated heterocycles. The van der Waals surface area contributed by atoms with Gasteiger partial charge in [-0.1, -0.05) is 6.07 Å². The van der Waals surface area contributed by atoms with Crippen LogP contribution in [0.1, 0.15) is 11.4 Å². The van der Waals surface area contributed by atoms with Gasteiger partial charge in [-0.15, -0.1) is 48.0 Å². The van der Waals surface area contributed by atoms with Crippen LogP contribution in [0.3, 0.4) is 0 Å². The molecule has 0 N–H and O–H groups in total. The third kappa shape index (κ3) is 7.04. The number of imidazole rings is 1. The lowest BCUT2D eigenvalue weighted by Gasteiger charge is -2.25. The smallest absolute Gasteiger partial charge is 0.142 e. The number of halogens is 4. The van der Waals surface area contributed by atoms with Crippen LogP contribution >= 0.6 is 48.0 Å². The van der Waals surface area contributed by atoms with Gasteiger partial charge in [0.2, 0.25) is 0 Å². The summed E-state index contributed by atoms with van der Waals surface area (Å²) >= 11 is 11.9. The van der Waals surface area contributed by atoms with E-state index in [0.717, 1.165) is 34.2 Å². The molecule has 0 amide bonds. The lowest BCUT2D eigenvalue weighted by Crippen LogP contribution is -2.28. The number of aryl methyl sites for hydroxylation is 1. The highest BCUT2D eigenvalue weighted by molar-refractivity contribution is 6.18. The van der Waals surface area contributed by atoms with Crippen LogP contribution in [0.15, 0.2) is 59.9 Å². The summed E-state index contributed by atoms with van der Waals surface area (Å²) in [4.78, 5) is 11.0. The molecule has 0 spiro atoms. The fourth-order valence-electron chi connectivity index (χ4n) is 3.09. The predicted molar refractivity (Wildman–Crippen MR) is 137 cm³/mol.